The lowest BCUT2D eigenvalue weighted by Crippen LogP contribution is -2.34. The van der Waals surface area contributed by atoms with Crippen molar-refractivity contribution in [3.63, 3.8) is 0 Å². The summed E-state index contributed by atoms with van der Waals surface area (Å²) in [6.07, 6.45) is -10.5. The van der Waals surface area contributed by atoms with E-state index in [0.717, 1.165) is 31.2 Å². The number of amides is 1. The third-order valence-corrected chi connectivity index (χ3v) is 5.26. The molecule has 0 radical (unpaired) electrons. The van der Waals surface area contributed by atoms with Crippen LogP contribution in [-0.2, 0) is 16.0 Å². The molecule has 0 heterocycles. The summed E-state index contributed by atoms with van der Waals surface area (Å²) >= 11 is 6.06. The molecule has 0 spiro atoms. The molecule has 2 atom stereocenters. The topological polar surface area (TPSA) is 55.4 Å². The van der Waals surface area contributed by atoms with E-state index < -0.39 is 48.4 Å². The summed E-state index contributed by atoms with van der Waals surface area (Å²) in [5, 5.41) is 2.30. The van der Waals surface area contributed by atoms with Gasteiger partial charge in [0.25, 0.3) is 0 Å². The van der Waals surface area contributed by atoms with Crippen LogP contribution in [0.3, 0.4) is 0 Å². The first-order valence-corrected chi connectivity index (χ1v) is 10.5. The molecule has 1 N–H and O–H groups in total. The number of halogens is 7. The molecule has 11 heteroatoms. The lowest BCUT2D eigenvalue weighted by molar-refractivity contribution is -0.178. The summed E-state index contributed by atoms with van der Waals surface area (Å²) in [6.45, 7) is 4.00. The van der Waals surface area contributed by atoms with Crippen molar-refractivity contribution in [2.75, 3.05) is 5.32 Å². The number of esters is 1. The first-order valence-electron chi connectivity index (χ1n) is 10.1. The highest BCUT2D eigenvalue weighted by molar-refractivity contribution is 6.33. The maximum Gasteiger partial charge on any atom is 0.393 e. The number of rotatable bonds is 7. The fourth-order valence-electron chi connectivity index (χ4n) is 3.04. The summed E-state index contributed by atoms with van der Waals surface area (Å²) in [6, 6.07) is 8.05. The Kier molecular flexibility index (Phi) is 8.63. The number of carbonyl (C=O) groups excluding carboxylic acids is 2. The van der Waals surface area contributed by atoms with E-state index in [1.165, 1.54) is 18.2 Å². The van der Waals surface area contributed by atoms with Crippen molar-refractivity contribution in [1.29, 1.82) is 0 Å². The predicted molar refractivity (Wildman–Crippen MR) is 115 cm³/mol. The average molecular weight is 510 g/mol. The Labute approximate surface area is 197 Å². The molecule has 1 amide bonds. The van der Waals surface area contributed by atoms with E-state index in [-0.39, 0.29) is 27.6 Å². The van der Waals surface area contributed by atoms with Gasteiger partial charge in [0.1, 0.15) is 5.75 Å². The maximum atomic E-state index is 13.5. The van der Waals surface area contributed by atoms with Gasteiger partial charge in [-0.05, 0) is 23.3 Å². The Morgan fingerprint density at radius 1 is 0.971 bits per heavy atom. The number of hydrogen-bond acceptors (Lipinski definition) is 3. The fraction of sp³-hybridized carbons (Fsp3) is 0.391. The lowest BCUT2D eigenvalue weighted by Gasteiger charge is -2.26. The number of carbonyl (C=O) groups is 2. The van der Waals surface area contributed by atoms with Gasteiger partial charge in [0.15, 0.2) is 0 Å². The lowest BCUT2D eigenvalue weighted by atomic mass is 9.85. The highest BCUT2D eigenvalue weighted by Crippen LogP contribution is 2.39. The quantitative estimate of drug-likeness (QED) is 0.250. The van der Waals surface area contributed by atoms with E-state index >= 15 is 0 Å². The van der Waals surface area contributed by atoms with Crippen LogP contribution in [0.5, 0.6) is 5.75 Å². The first-order chi connectivity index (χ1) is 15.6. The average Bonchev–Trinajstić information content (AvgIpc) is 2.70. The molecule has 0 saturated heterocycles. The Bertz CT molecular complexity index is 1020. The van der Waals surface area contributed by atoms with E-state index in [1.54, 1.807) is 13.8 Å². The fourth-order valence-corrected chi connectivity index (χ4v) is 3.20. The highest BCUT2D eigenvalue weighted by atomic mass is 35.5. The standard InChI is InChI=1S/C23H22ClF6NO3/c1-12(2)21(33)34-16-8-9-17(24)18(10-16)31-20(32)19(13(3)23(28,29)30)15-6-4-14(5-7-15)11-22(25,26)27/h4-10,12-13,19H,11H2,1-3H3,(H,31,32). The van der Waals surface area contributed by atoms with Gasteiger partial charge in [0.05, 0.1) is 34.9 Å². The summed E-state index contributed by atoms with van der Waals surface area (Å²) in [5.74, 6) is -6.02. The minimum absolute atomic E-state index is 0.0170. The molecule has 0 aliphatic heterocycles. The molecule has 0 bridgehead atoms. The summed E-state index contributed by atoms with van der Waals surface area (Å²) < 4.78 is 83.5. The van der Waals surface area contributed by atoms with E-state index in [0.29, 0.717) is 0 Å². The van der Waals surface area contributed by atoms with Crippen LogP contribution < -0.4 is 10.1 Å². The van der Waals surface area contributed by atoms with Crippen LogP contribution in [0.25, 0.3) is 0 Å². The summed E-state index contributed by atoms with van der Waals surface area (Å²) in [7, 11) is 0. The normalized spacial score (nSPS) is 14.0. The van der Waals surface area contributed by atoms with Gasteiger partial charge in [-0.25, -0.2) is 0 Å². The molecule has 34 heavy (non-hydrogen) atoms. The molecular weight excluding hydrogens is 488 g/mol. The van der Waals surface area contributed by atoms with Crippen molar-refractivity contribution in [3.05, 3.63) is 58.6 Å². The van der Waals surface area contributed by atoms with Crippen molar-refractivity contribution < 1.29 is 40.7 Å². The molecule has 0 fully saturated rings. The van der Waals surface area contributed by atoms with Gasteiger partial charge in [0, 0.05) is 6.07 Å². The van der Waals surface area contributed by atoms with Crippen molar-refractivity contribution in [3.8, 4) is 5.75 Å². The van der Waals surface area contributed by atoms with Crippen LogP contribution in [0.4, 0.5) is 32.0 Å². The Balaban J connectivity index is 2.36. The SMILES string of the molecule is CC(C)C(=O)Oc1ccc(Cl)c(NC(=O)C(c2ccc(CC(F)(F)F)cc2)C(C)C(F)(F)F)c1. The number of anilines is 1. The van der Waals surface area contributed by atoms with Gasteiger partial charge in [0.2, 0.25) is 5.91 Å². The van der Waals surface area contributed by atoms with E-state index in [1.807, 2.05) is 0 Å². The van der Waals surface area contributed by atoms with Crippen LogP contribution in [0.1, 0.15) is 37.8 Å². The Morgan fingerprint density at radius 3 is 2.06 bits per heavy atom. The Morgan fingerprint density at radius 2 is 1.56 bits per heavy atom. The number of nitrogens with one attached hydrogen (secondary N) is 1. The van der Waals surface area contributed by atoms with Crippen LogP contribution in [0.15, 0.2) is 42.5 Å². The molecule has 2 aromatic carbocycles. The third kappa shape index (κ3) is 7.65. The van der Waals surface area contributed by atoms with Crippen molar-refractivity contribution >= 4 is 29.2 Å². The summed E-state index contributed by atoms with van der Waals surface area (Å²) in [4.78, 5) is 24.8. The van der Waals surface area contributed by atoms with Gasteiger partial charge in [-0.3, -0.25) is 9.59 Å². The van der Waals surface area contributed by atoms with Crippen LogP contribution >= 0.6 is 11.6 Å². The van der Waals surface area contributed by atoms with Crippen LogP contribution in [0.2, 0.25) is 5.02 Å². The first kappa shape index (κ1) is 27.5. The second-order valence-electron chi connectivity index (χ2n) is 8.05. The zero-order valence-electron chi connectivity index (χ0n) is 18.4. The van der Waals surface area contributed by atoms with Gasteiger partial charge in [-0.1, -0.05) is 56.6 Å². The van der Waals surface area contributed by atoms with Gasteiger partial charge in [-0.2, -0.15) is 26.3 Å². The minimum atomic E-state index is -4.77. The Hall–Kier alpha value is -2.75. The van der Waals surface area contributed by atoms with E-state index in [9.17, 15) is 35.9 Å². The van der Waals surface area contributed by atoms with Crippen molar-refractivity contribution in [2.24, 2.45) is 11.8 Å². The van der Waals surface area contributed by atoms with Crippen molar-refractivity contribution in [2.45, 2.75) is 45.5 Å². The zero-order valence-corrected chi connectivity index (χ0v) is 19.1. The number of hydrogen-bond donors (Lipinski definition) is 1. The van der Waals surface area contributed by atoms with E-state index in [2.05, 4.69) is 5.32 Å². The number of benzene rings is 2. The van der Waals surface area contributed by atoms with Crippen molar-refractivity contribution in [1.82, 2.24) is 0 Å². The predicted octanol–water partition coefficient (Wildman–Crippen LogP) is 6.93. The van der Waals surface area contributed by atoms with E-state index in [4.69, 9.17) is 16.3 Å². The molecule has 2 rings (SSSR count). The largest absolute Gasteiger partial charge is 0.426 e. The monoisotopic (exact) mass is 509 g/mol. The smallest absolute Gasteiger partial charge is 0.393 e. The molecule has 0 aliphatic carbocycles. The van der Waals surface area contributed by atoms with Crippen LogP contribution in [-0.4, -0.2) is 24.2 Å². The molecule has 0 saturated carbocycles. The second kappa shape index (κ2) is 10.7. The molecule has 186 valence electrons. The summed E-state index contributed by atoms with van der Waals surface area (Å²) in [5.41, 5.74) is -0.363. The molecule has 2 aromatic rings. The molecule has 2 unspecified atom stereocenters. The minimum Gasteiger partial charge on any atom is -0.426 e. The number of ether oxygens (including phenoxy) is 1. The molecule has 4 nitrogen and oxygen atoms in total. The zero-order chi connectivity index (χ0) is 25.8. The van der Waals surface area contributed by atoms with Crippen LogP contribution in [0, 0.1) is 11.8 Å². The van der Waals surface area contributed by atoms with Gasteiger partial charge >= 0.3 is 18.3 Å². The third-order valence-electron chi connectivity index (χ3n) is 4.93. The maximum absolute atomic E-state index is 13.5. The molecular formula is C23H22ClF6NO3. The van der Waals surface area contributed by atoms with Gasteiger partial charge in [-0.15, -0.1) is 0 Å². The molecule has 0 aromatic heterocycles. The second-order valence-corrected chi connectivity index (χ2v) is 8.46. The van der Waals surface area contributed by atoms with Gasteiger partial charge < -0.3 is 10.1 Å². The highest BCUT2D eigenvalue weighted by Gasteiger charge is 2.45. The number of alkyl halides is 6. The molecule has 0 aliphatic rings.